The highest BCUT2D eigenvalue weighted by Crippen LogP contribution is 2.29. The zero-order chi connectivity index (χ0) is 16.2. The summed E-state index contributed by atoms with van der Waals surface area (Å²) in [7, 11) is 0. The minimum absolute atomic E-state index is 0.143. The Morgan fingerprint density at radius 3 is 2.55 bits per heavy atom. The van der Waals surface area contributed by atoms with E-state index in [4.69, 9.17) is 0 Å². The Balaban J connectivity index is 1.86. The van der Waals surface area contributed by atoms with Gasteiger partial charge in [-0.3, -0.25) is 4.79 Å². The molecular weight excluding hydrogens is 295 g/mol. The Morgan fingerprint density at radius 2 is 2.00 bits per heavy atom. The van der Waals surface area contributed by atoms with E-state index in [1.165, 1.54) is 12.1 Å². The molecule has 118 valence electrons. The van der Waals surface area contributed by atoms with Crippen LogP contribution in [0, 0.1) is 0 Å². The molecule has 0 radical (unpaired) electrons. The Hall–Kier alpha value is -2.31. The highest BCUT2D eigenvalue weighted by Gasteiger charge is 2.29. The van der Waals surface area contributed by atoms with Gasteiger partial charge in [0.1, 0.15) is 5.82 Å². The first-order valence-corrected chi connectivity index (χ1v) is 6.78. The Morgan fingerprint density at radius 1 is 1.32 bits per heavy atom. The monoisotopic (exact) mass is 311 g/mol. The van der Waals surface area contributed by atoms with Gasteiger partial charge in [0.2, 0.25) is 5.91 Å². The van der Waals surface area contributed by atoms with Crippen molar-refractivity contribution in [3.05, 3.63) is 53.6 Å². The van der Waals surface area contributed by atoms with Crippen LogP contribution in [0.2, 0.25) is 0 Å². The van der Waals surface area contributed by atoms with Crippen molar-refractivity contribution in [1.82, 2.24) is 15.3 Å². The van der Waals surface area contributed by atoms with Crippen molar-refractivity contribution in [2.24, 2.45) is 0 Å². The Bertz CT molecular complexity index is 606. The van der Waals surface area contributed by atoms with E-state index >= 15 is 0 Å². The quantitative estimate of drug-likeness (QED) is 0.892. The molecule has 0 bridgehead atoms. The standard InChI is InChI=1S/C15H16F3N3O/c1-10(21-14(22)9-13-19-6-7-20-13)8-11-2-4-12(5-3-11)15(16,17)18/h2-7,10H,8-9H2,1H3,(H,19,20)(H,21,22). The lowest BCUT2D eigenvalue weighted by Gasteiger charge is -2.14. The van der Waals surface area contributed by atoms with Crippen LogP contribution in [0.3, 0.4) is 0 Å². The fourth-order valence-electron chi connectivity index (χ4n) is 2.11. The number of H-pyrrole nitrogens is 1. The molecule has 1 aromatic carbocycles. The molecule has 0 aliphatic rings. The van der Waals surface area contributed by atoms with E-state index in [1.807, 2.05) is 0 Å². The molecule has 0 spiro atoms. The number of rotatable bonds is 5. The lowest BCUT2D eigenvalue weighted by Crippen LogP contribution is -2.35. The topological polar surface area (TPSA) is 57.8 Å². The third-order valence-corrected chi connectivity index (χ3v) is 3.11. The summed E-state index contributed by atoms with van der Waals surface area (Å²) in [6.07, 6.45) is -0.531. The molecule has 1 aromatic heterocycles. The van der Waals surface area contributed by atoms with Crippen molar-refractivity contribution < 1.29 is 18.0 Å². The summed E-state index contributed by atoms with van der Waals surface area (Å²) in [5.74, 6) is 0.383. The molecular formula is C15H16F3N3O. The average molecular weight is 311 g/mol. The predicted octanol–water partition coefficient (Wildman–Crippen LogP) is 2.72. The minimum atomic E-state index is -4.33. The zero-order valence-corrected chi connectivity index (χ0v) is 11.9. The maximum atomic E-state index is 12.5. The molecule has 2 N–H and O–H groups in total. The number of hydrogen-bond donors (Lipinski definition) is 2. The number of hydrogen-bond acceptors (Lipinski definition) is 2. The van der Waals surface area contributed by atoms with Crippen LogP contribution in [-0.2, 0) is 23.8 Å². The van der Waals surface area contributed by atoms with E-state index in [0.717, 1.165) is 17.7 Å². The third kappa shape index (κ3) is 4.61. The van der Waals surface area contributed by atoms with Gasteiger partial charge >= 0.3 is 6.18 Å². The molecule has 0 fully saturated rings. The number of carbonyl (C=O) groups excluding carboxylic acids is 1. The van der Waals surface area contributed by atoms with Crippen LogP contribution in [0.25, 0.3) is 0 Å². The second-order valence-corrected chi connectivity index (χ2v) is 5.08. The molecule has 4 nitrogen and oxygen atoms in total. The highest BCUT2D eigenvalue weighted by atomic mass is 19.4. The summed E-state index contributed by atoms with van der Waals surface area (Å²) >= 11 is 0. The smallest absolute Gasteiger partial charge is 0.353 e. The Labute approximate surface area is 125 Å². The van der Waals surface area contributed by atoms with Gasteiger partial charge < -0.3 is 10.3 Å². The lowest BCUT2D eigenvalue weighted by molar-refractivity contribution is -0.137. The number of imidazole rings is 1. The first-order chi connectivity index (χ1) is 10.3. The highest BCUT2D eigenvalue weighted by molar-refractivity contribution is 5.78. The maximum absolute atomic E-state index is 12.5. The predicted molar refractivity (Wildman–Crippen MR) is 75.0 cm³/mol. The van der Waals surface area contributed by atoms with E-state index in [2.05, 4.69) is 15.3 Å². The number of carbonyl (C=O) groups is 1. The number of amides is 1. The first-order valence-electron chi connectivity index (χ1n) is 6.78. The van der Waals surface area contributed by atoms with Gasteiger partial charge in [0.15, 0.2) is 0 Å². The third-order valence-electron chi connectivity index (χ3n) is 3.11. The fourth-order valence-corrected chi connectivity index (χ4v) is 2.11. The van der Waals surface area contributed by atoms with Gasteiger partial charge in [-0.2, -0.15) is 13.2 Å². The largest absolute Gasteiger partial charge is 0.416 e. The van der Waals surface area contributed by atoms with Gasteiger partial charge in [-0.15, -0.1) is 0 Å². The van der Waals surface area contributed by atoms with Crippen LogP contribution < -0.4 is 5.32 Å². The van der Waals surface area contributed by atoms with Gasteiger partial charge in [-0.05, 0) is 31.0 Å². The second kappa shape index (κ2) is 6.64. The Kier molecular flexibility index (Phi) is 4.85. The molecule has 7 heteroatoms. The molecule has 0 saturated carbocycles. The molecule has 2 rings (SSSR count). The molecule has 1 unspecified atom stereocenters. The van der Waals surface area contributed by atoms with E-state index in [1.54, 1.807) is 19.3 Å². The van der Waals surface area contributed by atoms with Crippen LogP contribution >= 0.6 is 0 Å². The first kappa shape index (κ1) is 16.1. The van der Waals surface area contributed by atoms with E-state index < -0.39 is 11.7 Å². The van der Waals surface area contributed by atoms with Crippen LogP contribution in [-0.4, -0.2) is 21.9 Å². The summed E-state index contributed by atoms with van der Waals surface area (Å²) in [4.78, 5) is 18.6. The second-order valence-electron chi connectivity index (χ2n) is 5.08. The number of aromatic amines is 1. The molecule has 1 amide bonds. The molecule has 1 heterocycles. The summed E-state index contributed by atoms with van der Waals surface area (Å²) in [6, 6.07) is 4.77. The van der Waals surface area contributed by atoms with E-state index in [0.29, 0.717) is 12.2 Å². The van der Waals surface area contributed by atoms with Crippen LogP contribution in [0.4, 0.5) is 13.2 Å². The lowest BCUT2D eigenvalue weighted by atomic mass is 10.0. The van der Waals surface area contributed by atoms with Gasteiger partial charge in [-0.25, -0.2) is 4.98 Å². The number of nitrogens with one attached hydrogen (secondary N) is 2. The molecule has 22 heavy (non-hydrogen) atoms. The molecule has 0 aliphatic heterocycles. The summed E-state index contributed by atoms with van der Waals surface area (Å²) in [5, 5.41) is 2.79. The van der Waals surface area contributed by atoms with Crippen molar-refractivity contribution in [1.29, 1.82) is 0 Å². The molecule has 0 aliphatic carbocycles. The molecule has 1 atom stereocenters. The van der Waals surface area contributed by atoms with Crippen molar-refractivity contribution >= 4 is 5.91 Å². The zero-order valence-electron chi connectivity index (χ0n) is 11.9. The number of halogens is 3. The van der Waals surface area contributed by atoms with Gasteiger partial charge in [0.25, 0.3) is 0 Å². The maximum Gasteiger partial charge on any atom is 0.416 e. The van der Waals surface area contributed by atoms with E-state index in [-0.39, 0.29) is 18.4 Å². The molecule has 0 saturated heterocycles. The van der Waals surface area contributed by atoms with Gasteiger partial charge in [0.05, 0.1) is 12.0 Å². The van der Waals surface area contributed by atoms with Crippen molar-refractivity contribution in [2.75, 3.05) is 0 Å². The number of benzene rings is 1. The van der Waals surface area contributed by atoms with Crippen LogP contribution in [0.1, 0.15) is 23.9 Å². The van der Waals surface area contributed by atoms with Gasteiger partial charge in [-0.1, -0.05) is 12.1 Å². The summed E-state index contributed by atoms with van der Waals surface area (Å²) in [6.45, 7) is 1.80. The summed E-state index contributed by atoms with van der Waals surface area (Å²) < 4.78 is 37.4. The number of nitrogens with zero attached hydrogens (tertiary/aromatic N) is 1. The van der Waals surface area contributed by atoms with Crippen LogP contribution in [0.15, 0.2) is 36.7 Å². The average Bonchev–Trinajstić information content (AvgIpc) is 2.90. The fraction of sp³-hybridized carbons (Fsp3) is 0.333. The normalized spacial score (nSPS) is 12.9. The molecule has 2 aromatic rings. The SMILES string of the molecule is CC(Cc1ccc(C(F)(F)F)cc1)NC(=O)Cc1ncc[nH]1. The van der Waals surface area contributed by atoms with Crippen LogP contribution in [0.5, 0.6) is 0 Å². The van der Waals surface area contributed by atoms with E-state index in [9.17, 15) is 18.0 Å². The van der Waals surface area contributed by atoms with Crippen molar-refractivity contribution in [3.8, 4) is 0 Å². The van der Waals surface area contributed by atoms with Crippen molar-refractivity contribution in [2.45, 2.75) is 32.0 Å². The number of alkyl halides is 3. The van der Waals surface area contributed by atoms with Crippen molar-refractivity contribution in [3.63, 3.8) is 0 Å². The summed E-state index contributed by atoms with van der Waals surface area (Å²) in [5.41, 5.74) is 0.0598. The minimum Gasteiger partial charge on any atom is -0.353 e. The van der Waals surface area contributed by atoms with Gasteiger partial charge in [0, 0.05) is 18.4 Å². The number of aromatic nitrogens is 2.